The molecule has 0 spiro atoms. The SMILES string of the molecule is Cc1cc2c(o1)CCC(C)(C)C2(N)CO. The number of hydrogen-bond acceptors (Lipinski definition) is 3. The van der Waals surface area contributed by atoms with Crippen LogP contribution in [0.25, 0.3) is 0 Å². The van der Waals surface area contributed by atoms with Crippen molar-refractivity contribution in [2.75, 3.05) is 6.61 Å². The minimum Gasteiger partial charge on any atom is -0.466 e. The van der Waals surface area contributed by atoms with Crippen LogP contribution in [0.1, 0.15) is 37.4 Å². The summed E-state index contributed by atoms with van der Waals surface area (Å²) in [7, 11) is 0. The van der Waals surface area contributed by atoms with Crippen molar-refractivity contribution < 1.29 is 9.52 Å². The summed E-state index contributed by atoms with van der Waals surface area (Å²) in [5.41, 5.74) is 6.58. The molecule has 2 rings (SSSR count). The van der Waals surface area contributed by atoms with Crippen LogP contribution in [0.3, 0.4) is 0 Å². The van der Waals surface area contributed by atoms with Gasteiger partial charge in [0.2, 0.25) is 0 Å². The molecule has 1 aromatic heterocycles. The van der Waals surface area contributed by atoms with E-state index in [2.05, 4.69) is 13.8 Å². The molecule has 3 N–H and O–H groups in total. The molecular formula is C12H19NO2. The molecule has 1 aliphatic rings. The first-order valence-electron chi connectivity index (χ1n) is 5.40. The number of furan rings is 1. The second-order valence-electron chi connectivity index (χ2n) is 5.21. The molecule has 0 fully saturated rings. The van der Waals surface area contributed by atoms with Gasteiger partial charge in [-0.25, -0.2) is 0 Å². The van der Waals surface area contributed by atoms with Gasteiger partial charge >= 0.3 is 0 Å². The Morgan fingerprint density at radius 3 is 2.80 bits per heavy atom. The van der Waals surface area contributed by atoms with Crippen molar-refractivity contribution in [3.63, 3.8) is 0 Å². The minimum atomic E-state index is -0.668. The zero-order chi connectivity index (χ0) is 11.3. The average molecular weight is 209 g/mol. The zero-order valence-electron chi connectivity index (χ0n) is 9.63. The molecule has 0 radical (unpaired) electrons. The maximum absolute atomic E-state index is 9.58. The Kier molecular flexibility index (Phi) is 2.21. The molecule has 3 nitrogen and oxygen atoms in total. The topological polar surface area (TPSA) is 59.4 Å². The molecule has 1 atom stereocenters. The van der Waals surface area contributed by atoms with E-state index in [1.54, 1.807) is 0 Å². The number of aliphatic hydroxyl groups excluding tert-OH is 1. The fraction of sp³-hybridized carbons (Fsp3) is 0.667. The van der Waals surface area contributed by atoms with Crippen LogP contribution in [0.5, 0.6) is 0 Å². The number of hydrogen-bond donors (Lipinski definition) is 2. The van der Waals surface area contributed by atoms with Crippen molar-refractivity contribution in [2.24, 2.45) is 11.1 Å². The van der Waals surface area contributed by atoms with Gasteiger partial charge in [-0.2, -0.15) is 0 Å². The summed E-state index contributed by atoms with van der Waals surface area (Å²) in [4.78, 5) is 0. The molecule has 0 aliphatic heterocycles. The highest BCUT2D eigenvalue weighted by molar-refractivity contribution is 5.34. The molecule has 0 aromatic carbocycles. The van der Waals surface area contributed by atoms with Crippen LogP contribution in [0, 0.1) is 12.3 Å². The summed E-state index contributed by atoms with van der Waals surface area (Å²) in [6.45, 7) is 6.10. The molecule has 84 valence electrons. The second kappa shape index (κ2) is 3.09. The highest BCUT2D eigenvalue weighted by atomic mass is 16.3. The molecule has 0 saturated carbocycles. The van der Waals surface area contributed by atoms with E-state index in [1.165, 1.54) is 0 Å². The predicted molar refractivity (Wildman–Crippen MR) is 58.5 cm³/mol. The molecule has 0 bridgehead atoms. The lowest BCUT2D eigenvalue weighted by molar-refractivity contribution is 0.0595. The Labute approximate surface area is 90.3 Å². The highest BCUT2D eigenvalue weighted by Gasteiger charge is 2.48. The second-order valence-corrected chi connectivity index (χ2v) is 5.21. The van der Waals surface area contributed by atoms with Gasteiger partial charge in [-0.15, -0.1) is 0 Å². The molecule has 0 saturated heterocycles. The van der Waals surface area contributed by atoms with E-state index in [4.69, 9.17) is 10.2 Å². The third-order valence-corrected chi connectivity index (χ3v) is 3.85. The number of aliphatic hydroxyl groups is 1. The van der Waals surface area contributed by atoms with Crippen LogP contribution in [0.2, 0.25) is 0 Å². The normalized spacial score (nSPS) is 28.9. The van der Waals surface area contributed by atoms with Crippen LogP contribution in [-0.4, -0.2) is 11.7 Å². The van der Waals surface area contributed by atoms with E-state index in [0.717, 1.165) is 29.9 Å². The smallest absolute Gasteiger partial charge is 0.109 e. The molecular weight excluding hydrogens is 190 g/mol. The summed E-state index contributed by atoms with van der Waals surface area (Å²) in [5, 5.41) is 9.58. The summed E-state index contributed by atoms with van der Waals surface area (Å²) in [6.07, 6.45) is 1.86. The minimum absolute atomic E-state index is 0.0357. The lowest BCUT2D eigenvalue weighted by Gasteiger charge is -2.45. The molecule has 1 heterocycles. The summed E-state index contributed by atoms with van der Waals surface area (Å²) in [6, 6.07) is 1.96. The van der Waals surface area contributed by atoms with Gasteiger partial charge in [-0.1, -0.05) is 13.8 Å². The standard InChI is InChI=1S/C12H19NO2/c1-8-6-9-10(15-8)4-5-11(2,3)12(9,13)7-14/h6,14H,4-5,7,13H2,1-3H3. The van der Waals surface area contributed by atoms with Crippen LogP contribution in [-0.2, 0) is 12.0 Å². The fourth-order valence-electron chi connectivity index (χ4n) is 2.44. The van der Waals surface area contributed by atoms with Gasteiger partial charge in [0, 0.05) is 12.0 Å². The van der Waals surface area contributed by atoms with Gasteiger partial charge in [-0.05, 0) is 24.8 Å². The monoisotopic (exact) mass is 209 g/mol. The Hall–Kier alpha value is -0.800. The van der Waals surface area contributed by atoms with E-state index in [1.807, 2.05) is 13.0 Å². The van der Waals surface area contributed by atoms with Crippen LogP contribution in [0.15, 0.2) is 10.5 Å². The molecule has 3 heteroatoms. The number of nitrogens with two attached hydrogens (primary N) is 1. The van der Waals surface area contributed by atoms with Crippen LogP contribution >= 0.6 is 0 Å². The summed E-state index contributed by atoms with van der Waals surface area (Å²) < 4.78 is 5.61. The van der Waals surface area contributed by atoms with Crippen molar-refractivity contribution in [1.82, 2.24) is 0 Å². The van der Waals surface area contributed by atoms with Crippen molar-refractivity contribution >= 4 is 0 Å². The maximum Gasteiger partial charge on any atom is 0.109 e. The van der Waals surface area contributed by atoms with Gasteiger partial charge < -0.3 is 15.3 Å². The lowest BCUT2D eigenvalue weighted by atomic mass is 9.63. The van der Waals surface area contributed by atoms with Gasteiger partial charge in [0.1, 0.15) is 11.5 Å². The molecule has 1 aromatic rings. The van der Waals surface area contributed by atoms with E-state index >= 15 is 0 Å². The van der Waals surface area contributed by atoms with E-state index in [0.29, 0.717) is 0 Å². The van der Waals surface area contributed by atoms with E-state index in [-0.39, 0.29) is 12.0 Å². The van der Waals surface area contributed by atoms with Crippen molar-refractivity contribution in [1.29, 1.82) is 0 Å². The Bertz CT molecular complexity index is 381. The van der Waals surface area contributed by atoms with Crippen LogP contribution in [0.4, 0.5) is 0 Å². The Morgan fingerprint density at radius 1 is 1.53 bits per heavy atom. The van der Waals surface area contributed by atoms with Gasteiger partial charge in [0.05, 0.1) is 12.1 Å². The van der Waals surface area contributed by atoms with Gasteiger partial charge in [0.15, 0.2) is 0 Å². The van der Waals surface area contributed by atoms with E-state index in [9.17, 15) is 5.11 Å². The first kappa shape index (κ1) is 10.7. The third-order valence-electron chi connectivity index (χ3n) is 3.85. The largest absolute Gasteiger partial charge is 0.466 e. The Balaban J connectivity index is 2.58. The quantitative estimate of drug-likeness (QED) is 0.740. The zero-order valence-corrected chi connectivity index (χ0v) is 9.63. The first-order valence-corrected chi connectivity index (χ1v) is 5.40. The fourth-order valence-corrected chi connectivity index (χ4v) is 2.44. The number of rotatable bonds is 1. The predicted octanol–water partition coefficient (Wildman–Crippen LogP) is 1.71. The average Bonchev–Trinajstić information content (AvgIpc) is 2.54. The number of fused-ring (bicyclic) bond motifs is 1. The lowest BCUT2D eigenvalue weighted by Crippen LogP contribution is -2.55. The summed E-state index contributed by atoms with van der Waals surface area (Å²) >= 11 is 0. The van der Waals surface area contributed by atoms with Gasteiger partial charge in [0.25, 0.3) is 0 Å². The third kappa shape index (κ3) is 1.34. The summed E-state index contributed by atoms with van der Waals surface area (Å²) in [5.74, 6) is 1.82. The molecule has 1 unspecified atom stereocenters. The molecule has 0 amide bonds. The number of aryl methyl sites for hydroxylation is 2. The molecule has 1 aliphatic carbocycles. The maximum atomic E-state index is 9.58. The highest BCUT2D eigenvalue weighted by Crippen LogP contribution is 2.47. The van der Waals surface area contributed by atoms with Crippen molar-refractivity contribution in [3.8, 4) is 0 Å². The van der Waals surface area contributed by atoms with Crippen molar-refractivity contribution in [2.45, 2.75) is 39.2 Å². The van der Waals surface area contributed by atoms with Crippen LogP contribution < -0.4 is 5.73 Å². The van der Waals surface area contributed by atoms with Crippen molar-refractivity contribution in [3.05, 3.63) is 23.2 Å². The Morgan fingerprint density at radius 2 is 2.20 bits per heavy atom. The van der Waals surface area contributed by atoms with Gasteiger partial charge in [-0.3, -0.25) is 0 Å². The first-order chi connectivity index (χ1) is 6.90. The molecule has 15 heavy (non-hydrogen) atoms. The van der Waals surface area contributed by atoms with E-state index < -0.39 is 5.54 Å².